The molecule has 0 fully saturated rings. The van der Waals surface area contributed by atoms with Gasteiger partial charge in [0.15, 0.2) is 11.5 Å². The fraction of sp³-hybridized carbons (Fsp3) is 0.455. The molecule has 0 radical (unpaired) electrons. The van der Waals surface area contributed by atoms with Crippen LogP contribution in [0.5, 0.6) is 0 Å². The molecule has 0 saturated heterocycles. The summed E-state index contributed by atoms with van der Waals surface area (Å²) in [6.07, 6.45) is 5.07. The van der Waals surface area contributed by atoms with E-state index in [1.165, 1.54) is 0 Å². The molecule has 0 aromatic carbocycles. The van der Waals surface area contributed by atoms with E-state index in [-0.39, 0.29) is 0 Å². The summed E-state index contributed by atoms with van der Waals surface area (Å²) in [4.78, 5) is 10.6. The SMILES string of the molecule is CNc1cn2ccnc2c(N(C)CC(C)O)n1. The maximum atomic E-state index is 9.42. The summed E-state index contributed by atoms with van der Waals surface area (Å²) in [5.41, 5.74) is 0.784. The average molecular weight is 235 g/mol. The first-order valence-electron chi connectivity index (χ1n) is 5.52. The first-order valence-corrected chi connectivity index (χ1v) is 5.52. The minimum absolute atomic E-state index is 0.407. The molecule has 0 aliphatic heterocycles. The summed E-state index contributed by atoms with van der Waals surface area (Å²) >= 11 is 0. The largest absolute Gasteiger partial charge is 0.392 e. The van der Waals surface area contributed by atoms with Gasteiger partial charge in [-0.3, -0.25) is 0 Å². The van der Waals surface area contributed by atoms with Crippen LogP contribution in [0.25, 0.3) is 5.65 Å². The minimum Gasteiger partial charge on any atom is -0.392 e. The van der Waals surface area contributed by atoms with E-state index in [0.29, 0.717) is 6.54 Å². The van der Waals surface area contributed by atoms with E-state index in [1.807, 2.05) is 35.8 Å². The van der Waals surface area contributed by atoms with E-state index >= 15 is 0 Å². The Kier molecular flexibility index (Phi) is 3.14. The lowest BCUT2D eigenvalue weighted by atomic mass is 10.3. The first-order chi connectivity index (χ1) is 8.11. The zero-order valence-corrected chi connectivity index (χ0v) is 10.3. The number of hydrogen-bond donors (Lipinski definition) is 2. The molecule has 2 heterocycles. The van der Waals surface area contributed by atoms with Crippen molar-refractivity contribution < 1.29 is 5.11 Å². The number of aromatic nitrogens is 3. The van der Waals surface area contributed by atoms with Crippen LogP contribution in [0.15, 0.2) is 18.6 Å². The summed E-state index contributed by atoms with van der Waals surface area (Å²) in [6, 6.07) is 0. The molecule has 0 saturated carbocycles. The second-order valence-corrected chi connectivity index (χ2v) is 4.09. The van der Waals surface area contributed by atoms with Gasteiger partial charge in [0.05, 0.1) is 12.3 Å². The summed E-state index contributed by atoms with van der Waals surface area (Å²) < 4.78 is 1.91. The Balaban J connectivity index is 2.46. The molecule has 0 aliphatic carbocycles. The van der Waals surface area contributed by atoms with Gasteiger partial charge in [-0.05, 0) is 6.92 Å². The zero-order valence-electron chi connectivity index (χ0n) is 10.3. The number of imidazole rings is 1. The number of aliphatic hydroxyl groups is 1. The van der Waals surface area contributed by atoms with Crippen molar-refractivity contribution in [3.63, 3.8) is 0 Å². The van der Waals surface area contributed by atoms with Crippen LogP contribution in [-0.2, 0) is 0 Å². The standard InChI is InChI=1S/C11H17N5O/c1-8(17)6-15(3)11-10-13-4-5-16(10)7-9(12-2)14-11/h4-5,7-8,12,17H,6H2,1-3H3. The van der Waals surface area contributed by atoms with E-state index in [2.05, 4.69) is 15.3 Å². The van der Waals surface area contributed by atoms with Crippen LogP contribution in [0, 0.1) is 0 Å². The van der Waals surface area contributed by atoms with Gasteiger partial charge < -0.3 is 19.7 Å². The smallest absolute Gasteiger partial charge is 0.180 e. The highest BCUT2D eigenvalue weighted by Gasteiger charge is 2.12. The predicted molar refractivity (Wildman–Crippen MR) is 67.5 cm³/mol. The summed E-state index contributed by atoms with van der Waals surface area (Å²) in [5.74, 6) is 1.52. The van der Waals surface area contributed by atoms with Gasteiger partial charge in [0.25, 0.3) is 0 Å². The third kappa shape index (κ3) is 2.31. The molecule has 1 atom stereocenters. The van der Waals surface area contributed by atoms with Gasteiger partial charge in [0.2, 0.25) is 0 Å². The third-order valence-corrected chi connectivity index (χ3v) is 2.51. The van der Waals surface area contributed by atoms with Gasteiger partial charge in [0, 0.05) is 33.0 Å². The van der Waals surface area contributed by atoms with Crippen molar-refractivity contribution in [1.82, 2.24) is 14.4 Å². The second kappa shape index (κ2) is 4.58. The maximum absolute atomic E-state index is 9.42. The van der Waals surface area contributed by atoms with Crippen LogP contribution in [0.3, 0.4) is 0 Å². The lowest BCUT2D eigenvalue weighted by Crippen LogP contribution is -2.28. The Hall–Kier alpha value is -1.82. The molecule has 0 bridgehead atoms. The van der Waals surface area contributed by atoms with Crippen LogP contribution in [0.2, 0.25) is 0 Å². The number of hydrogen-bond acceptors (Lipinski definition) is 5. The maximum Gasteiger partial charge on any atom is 0.180 e. The van der Waals surface area contributed by atoms with Crippen LogP contribution in [-0.4, -0.2) is 46.2 Å². The van der Waals surface area contributed by atoms with Crippen LogP contribution in [0.4, 0.5) is 11.6 Å². The van der Waals surface area contributed by atoms with Gasteiger partial charge >= 0.3 is 0 Å². The molecule has 17 heavy (non-hydrogen) atoms. The molecule has 2 aromatic rings. The van der Waals surface area contributed by atoms with Crippen molar-refractivity contribution >= 4 is 17.3 Å². The van der Waals surface area contributed by atoms with Crippen molar-refractivity contribution in [1.29, 1.82) is 0 Å². The Bertz CT molecular complexity index is 508. The third-order valence-electron chi connectivity index (χ3n) is 2.51. The van der Waals surface area contributed by atoms with Gasteiger partial charge in [-0.2, -0.15) is 0 Å². The lowest BCUT2D eigenvalue weighted by molar-refractivity contribution is 0.201. The zero-order chi connectivity index (χ0) is 12.4. The molecular weight excluding hydrogens is 218 g/mol. The highest BCUT2D eigenvalue weighted by Crippen LogP contribution is 2.19. The van der Waals surface area contributed by atoms with Crippen molar-refractivity contribution in [2.45, 2.75) is 13.0 Å². The van der Waals surface area contributed by atoms with E-state index in [4.69, 9.17) is 0 Å². The lowest BCUT2D eigenvalue weighted by Gasteiger charge is -2.20. The number of anilines is 2. The molecule has 2 N–H and O–H groups in total. The molecule has 6 nitrogen and oxygen atoms in total. The van der Waals surface area contributed by atoms with E-state index in [1.54, 1.807) is 13.1 Å². The van der Waals surface area contributed by atoms with Crippen LogP contribution >= 0.6 is 0 Å². The minimum atomic E-state index is -0.407. The summed E-state index contributed by atoms with van der Waals surface area (Å²) in [5, 5.41) is 12.4. The Morgan fingerprint density at radius 2 is 2.35 bits per heavy atom. The number of aliphatic hydroxyl groups excluding tert-OH is 1. The summed E-state index contributed by atoms with van der Waals surface area (Å²) in [7, 11) is 3.71. The molecule has 0 amide bonds. The van der Waals surface area contributed by atoms with Crippen molar-refractivity contribution in [2.24, 2.45) is 0 Å². The van der Waals surface area contributed by atoms with E-state index in [0.717, 1.165) is 17.3 Å². The normalized spacial score (nSPS) is 12.7. The number of nitrogens with one attached hydrogen (secondary N) is 1. The van der Waals surface area contributed by atoms with Crippen LogP contribution < -0.4 is 10.2 Å². The molecule has 2 aromatic heterocycles. The van der Waals surface area contributed by atoms with Crippen LogP contribution in [0.1, 0.15) is 6.92 Å². The molecule has 6 heteroatoms. The van der Waals surface area contributed by atoms with Crippen molar-refractivity contribution in [3.8, 4) is 0 Å². The number of rotatable bonds is 4. The van der Waals surface area contributed by atoms with Gasteiger partial charge in [-0.15, -0.1) is 0 Å². The average Bonchev–Trinajstić information content (AvgIpc) is 2.74. The summed E-state index contributed by atoms with van der Waals surface area (Å²) in [6.45, 7) is 2.27. The monoisotopic (exact) mass is 235 g/mol. The van der Waals surface area contributed by atoms with Gasteiger partial charge in [0.1, 0.15) is 5.82 Å². The Morgan fingerprint density at radius 1 is 1.59 bits per heavy atom. The number of likely N-dealkylation sites (N-methyl/N-ethyl adjacent to an activating group) is 1. The number of fused-ring (bicyclic) bond motifs is 1. The van der Waals surface area contributed by atoms with E-state index in [9.17, 15) is 5.11 Å². The van der Waals surface area contributed by atoms with Gasteiger partial charge in [-0.25, -0.2) is 9.97 Å². The fourth-order valence-electron chi connectivity index (χ4n) is 1.77. The highest BCUT2D eigenvalue weighted by molar-refractivity contribution is 5.66. The predicted octanol–water partition coefficient (Wildman–Crippen LogP) is 0.588. The molecule has 1 unspecified atom stereocenters. The quantitative estimate of drug-likeness (QED) is 0.812. The Labute approximate surface area is 99.9 Å². The van der Waals surface area contributed by atoms with Gasteiger partial charge in [-0.1, -0.05) is 0 Å². The molecule has 0 aliphatic rings. The topological polar surface area (TPSA) is 65.7 Å². The first kappa shape index (κ1) is 11.7. The highest BCUT2D eigenvalue weighted by atomic mass is 16.3. The molecule has 0 spiro atoms. The number of nitrogens with zero attached hydrogens (tertiary/aromatic N) is 4. The molecular formula is C11H17N5O. The Morgan fingerprint density at radius 3 is 3.00 bits per heavy atom. The molecule has 2 rings (SSSR count). The van der Waals surface area contributed by atoms with Crippen molar-refractivity contribution in [2.75, 3.05) is 30.9 Å². The van der Waals surface area contributed by atoms with E-state index < -0.39 is 6.10 Å². The molecule has 92 valence electrons. The fourth-order valence-corrected chi connectivity index (χ4v) is 1.77. The van der Waals surface area contributed by atoms with Crippen molar-refractivity contribution in [3.05, 3.63) is 18.6 Å². The second-order valence-electron chi connectivity index (χ2n) is 4.09.